The van der Waals surface area contributed by atoms with Crippen molar-refractivity contribution in [3.05, 3.63) is 58.7 Å². The molecule has 0 saturated heterocycles. The third-order valence-electron chi connectivity index (χ3n) is 3.40. The monoisotopic (exact) mass is 246 g/mol. The molecule has 1 atom stereocenters. The summed E-state index contributed by atoms with van der Waals surface area (Å²) < 4.78 is 0. The molecule has 0 bridgehead atoms. The van der Waals surface area contributed by atoms with Crippen molar-refractivity contribution in [2.75, 3.05) is 0 Å². The molecule has 1 N–H and O–H groups in total. The fraction of sp³-hybridized carbons (Fsp3) is 0.222. The minimum Gasteiger partial charge on any atom is -0.376 e. The van der Waals surface area contributed by atoms with E-state index in [4.69, 9.17) is 0 Å². The van der Waals surface area contributed by atoms with Crippen LogP contribution in [0.4, 0.5) is 0 Å². The summed E-state index contributed by atoms with van der Waals surface area (Å²) in [5.74, 6) is 12.3. The molecule has 0 saturated carbocycles. The smallest absolute Gasteiger partial charge is 0.141 e. The molecule has 2 aliphatic carbocycles. The van der Waals surface area contributed by atoms with Crippen LogP contribution in [0.25, 0.3) is 0 Å². The van der Waals surface area contributed by atoms with Gasteiger partial charge in [-0.05, 0) is 37.0 Å². The lowest BCUT2D eigenvalue weighted by molar-refractivity contribution is 0.238. The van der Waals surface area contributed by atoms with E-state index in [0.717, 1.165) is 36.0 Å². The maximum Gasteiger partial charge on any atom is 0.141 e. The summed E-state index contributed by atoms with van der Waals surface area (Å²) in [6.45, 7) is 0. The van der Waals surface area contributed by atoms with E-state index in [9.17, 15) is 5.11 Å². The summed E-state index contributed by atoms with van der Waals surface area (Å²) in [5.41, 5.74) is 3.86. The Morgan fingerprint density at radius 1 is 1.16 bits per heavy atom. The summed E-state index contributed by atoms with van der Waals surface area (Å²) in [6, 6.07) is 7.63. The molecule has 0 aliphatic heterocycles. The highest BCUT2D eigenvalue weighted by Gasteiger charge is 2.11. The molecule has 2 aliphatic rings. The van der Waals surface area contributed by atoms with Crippen molar-refractivity contribution in [3.63, 3.8) is 0 Å². The van der Waals surface area contributed by atoms with Gasteiger partial charge in [-0.25, -0.2) is 0 Å². The molecule has 0 heterocycles. The van der Waals surface area contributed by atoms with E-state index in [0.29, 0.717) is 0 Å². The van der Waals surface area contributed by atoms with Gasteiger partial charge in [0.2, 0.25) is 0 Å². The highest BCUT2D eigenvalue weighted by molar-refractivity contribution is 5.54. The second kappa shape index (κ2) is 5.19. The van der Waals surface area contributed by atoms with Crippen LogP contribution in [0, 0.1) is 23.7 Å². The molecule has 0 amide bonds. The fourth-order valence-corrected chi connectivity index (χ4v) is 2.36. The molecule has 0 spiro atoms. The Morgan fingerprint density at radius 3 is 3.00 bits per heavy atom. The van der Waals surface area contributed by atoms with E-state index in [1.807, 2.05) is 30.3 Å². The molecule has 1 nitrogen and oxygen atoms in total. The lowest BCUT2D eigenvalue weighted by Gasteiger charge is -2.12. The zero-order valence-corrected chi connectivity index (χ0v) is 10.6. The summed E-state index contributed by atoms with van der Waals surface area (Å²) >= 11 is 0. The van der Waals surface area contributed by atoms with Crippen LogP contribution in [0.3, 0.4) is 0 Å². The Morgan fingerprint density at radius 2 is 2.05 bits per heavy atom. The molecular weight excluding hydrogens is 232 g/mol. The molecule has 1 aromatic carbocycles. The standard InChI is InChI=1S/C18H14O/c19-18-13-12-15-7-2-1-6-14(15)9-5-10-16-8-3-4-11-17(16)18/h3-4,7-9,11,18-19H,1-2,6H2/b14-9+. The number of hydrogen-bond acceptors (Lipinski definition) is 1. The van der Waals surface area contributed by atoms with Crippen LogP contribution in [0.2, 0.25) is 0 Å². The summed E-state index contributed by atoms with van der Waals surface area (Å²) in [5, 5.41) is 10.2. The first kappa shape index (κ1) is 11.8. The summed E-state index contributed by atoms with van der Waals surface area (Å²) in [7, 11) is 0. The van der Waals surface area contributed by atoms with Gasteiger partial charge in [0.05, 0.1) is 0 Å². The average Bonchev–Trinajstić information content (AvgIpc) is 2.46. The van der Waals surface area contributed by atoms with Crippen LogP contribution in [0.5, 0.6) is 0 Å². The molecule has 1 heteroatoms. The summed E-state index contributed by atoms with van der Waals surface area (Å²) in [6.07, 6.45) is 6.57. The predicted molar refractivity (Wildman–Crippen MR) is 76.1 cm³/mol. The van der Waals surface area contributed by atoms with Gasteiger partial charge in [0.1, 0.15) is 6.10 Å². The Hall–Kier alpha value is -2.22. The zero-order valence-electron chi connectivity index (χ0n) is 10.6. The third-order valence-corrected chi connectivity index (χ3v) is 3.40. The van der Waals surface area contributed by atoms with Gasteiger partial charge >= 0.3 is 0 Å². The van der Waals surface area contributed by atoms with Crippen molar-refractivity contribution in [2.24, 2.45) is 0 Å². The molecule has 1 aromatic rings. The van der Waals surface area contributed by atoms with Gasteiger partial charge in [-0.2, -0.15) is 0 Å². The number of hydrogen-bond donors (Lipinski definition) is 1. The van der Waals surface area contributed by atoms with Gasteiger partial charge in [-0.3, -0.25) is 0 Å². The first-order chi connectivity index (χ1) is 9.34. The second-order valence-corrected chi connectivity index (χ2v) is 4.71. The maximum atomic E-state index is 10.2. The molecule has 0 fully saturated rings. The van der Waals surface area contributed by atoms with E-state index in [1.165, 1.54) is 5.57 Å². The fourth-order valence-electron chi connectivity index (χ4n) is 2.36. The van der Waals surface area contributed by atoms with Gasteiger partial charge in [0.15, 0.2) is 0 Å². The van der Waals surface area contributed by atoms with Crippen LogP contribution >= 0.6 is 0 Å². The number of aliphatic hydroxyl groups is 1. The van der Waals surface area contributed by atoms with Crippen LogP contribution in [0.1, 0.15) is 36.5 Å². The number of aliphatic hydroxyl groups excluding tert-OH is 1. The Balaban J connectivity index is 2.14. The molecule has 92 valence electrons. The minimum absolute atomic E-state index is 0.771. The lowest BCUT2D eigenvalue weighted by Crippen LogP contribution is -2.00. The quantitative estimate of drug-likeness (QED) is 0.697. The highest BCUT2D eigenvalue weighted by atomic mass is 16.3. The van der Waals surface area contributed by atoms with Crippen LogP contribution in [-0.4, -0.2) is 5.11 Å². The van der Waals surface area contributed by atoms with Crippen LogP contribution in [0.15, 0.2) is 47.6 Å². The Bertz CT molecular complexity index is 684. The first-order valence-corrected chi connectivity index (χ1v) is 6.54. The van der Waals surface area contributed by atoms with Crippen molar-refractivity contribution in [2.45, 2.75) is 25.4 Å². The lowest BCUT2D eigenvalue weighted by atomic mass is 9.92. The first-order valence-electron chi connectivity index (χ1n) is 6.54. The van der Waals surface area contributed by atoms with E-state index >= 15 is 0 Å². The van der Waals surface area contributed by atoms with E-state index in [1.54, 1.807) is 0 Å². The van der Waals surface area contributed by atoms with E-state index < -0.39 is 6.10 Å². The van der Waals surface area contributed by atoms with Gasteiger partial charge in [0.25, 0.3) is 0 Å². The highest BCUT2D eigenvalue weighted by Crippen LogP contribution is 2.24. The molecule has 19 heavy (non-hydrogen) atoms. The predicted octanol–water partition coefficient (Wildman–Crippen LogP) is 3.13. The molecule has 3 rings (SSSR count). The molecule has 0 radical (unpaired) electrons. The average molecular weight is 246 g/mol. The Kier molecular flexibility index (Phi) is 3.23. The number of fused-ring (bicyclic) bond motifs is 2. The third kappa shape index (κ3) is 2.48. The molecular formula is C18H14O. The number of allylic oxidation sites excluding steroid dienone is 4. The SMILES string of the molecule is OC1C#CC2=CCCC/C2=C\C#Cc2ccccc21. The van der Waals surface area contributed by atoms with Crippen LogP contribution < -0.4 is 0 Å². The number of rotatable bonds is 0. The van der Waals surface area contributed by atoms with Crippen molar-refractivity contribution in [1.29, 1.82) is 0 Å². The largest absolute Gasteiger partial charge is 0.376 e. The van der Waals surface area contributed by atoms with E-state index in [-0.39, 0.29) is 0 Å². The molecule has 0 aromatic heterocycles. The van der Waals surface area contributed by atoms with Crippen molar-refractivity contribution in [1.82, 2.24) is 0 Å². The topological polar surface area (TPSA) is 20.2 Å². The van der Waals surface area contributed by atoms with Crippen molar-refractivity contribution >= 4 is 0 Å². The number of benzene rings is 1. The second-order valence-electron chi connectivity index (χ2n) is 4.71. The van der Waals surface area contributed by atoms with Gasteiger partial charge < -0.3 is 5.11 Å². The van der Waals surface area contributed by atoms with Crippen molar-refractivity contribution < 1.29 is 5.11 Å². The van der Waals surface area contributed by atoms with Gasteiger partial charge in [0, 0.05) is 16.7 Å². The van der Waals surface area contributed by atoms with Gasteiger partial charge in [-0.15, -0.1) is 0 Å². The van der Waals surface area contributed by atoms with E-state index in [2.05, 4.69) is 29.8 Å². The van der Waals surface area contributed by atoms with Crippen molar-refractivity contribution in [3.8, 4) is 23.7 Å². The van der Waals surface area contributed by atoms with Crippen LogP contribution in [-0.2, 0) is 0 Å². The normalized spacial score (nSPS) is 23.1. The van der Waals surface area contributed by atoms with Gasteiger partial charge in [-0.1, -0.05) is 48.0 Å². The minimum atomic E-state index is -0.771. The zero-order chi connectivity index (χ0) is 13.1. The Labute approximate surface area is 113 Å². The molecule has 1 unspecified atom stereocenters. The maximum absolute atomic E-state index is 10.2. The summed E-state index contributed by atoms with van der Waals surface area (Å²) in [4.78, 5) is 0.